The molecule has 0 spiro atoms. The Hall–Kier alpha value is -3.12. The minimum atomic E-state index is -4.56. The number of imidazole rings is 1. The highest BCUT2D eigenvalue weighted by atomic mass is 35.5. The van der Waals surface area contributed by atoms with Gasteiger partial charge in [0.1, 0.15) is 34.3 Å². The number of carbonyl (C=O) groups is 1. The first-order chi connectivity index (χ1) is 17.3. The van der Waals surface area contributed by atoms with Crippen LogP contribution >= 0.6 is 11.6 Å². The molecule has 4 N–H and O–H groups in total. The summed E-state index contributed by atoms with van der Waals surface area (Å²) in [6.07, 6.45) is -2.13. The van der Waals surface area contributed by atoms with E-state index in [0.29, 0.717) is 24.2 Å². The molecule has 0 aliphatic heterocycles. The van der Waals surface area contributed by atoms with Crippen molar-refractivity contribution in [2.45, 2.75) is 43.4 Å². The minimum Gasteiger partial charge on any atom is -0.383 e. The molecule has 2 heterocycles. The molecule has 2 unspecified atom stereocenters. The summed E-state index contributed by atoms with van der Waals surface area (Å²) in [7, 11) is 2.88. The van der Waals surface area contributed by atoms with Crippen LogP contribution < -0.4 is 11.1 Å². The van der Waals surface area contributed by atoms with Gasteiger partial charge in [-0.25, -0.2) is 9.37 Å². The smallest absolute Gasteiger partial charge is 0.383 e. The zero-order valence-electron chi connectivity index (χ0n) is 20.0. The molecule has 198 valence electrons. The number of aliphatic hydroxyl groups is 1. The number of benzene rings is 1. The first-order valence-electron chi connectivity index (χ1n) is 11.7. The third-order valence-electron chi connectivity index (χ3n) is 7.65. The lowest BCUT2D eigenvalue weighted by Gasteiger charge is -2.25. The molecule has 2 fully saturated rings. The van der Waals surface area contributed by atoms with Crippen LogP contribution in [-0.4, -0.2) is 30.3 Å². The van der Waals surface area contributed by atoms with Crippen LogP contribution in [0.25, 0.3) is 0 Å². The number of nitrogens with one attached hydrogen (secondary N) is 1. The SMILES string of the molecule is Cn1nc(C2CC3CC(O)(c4ncc(C(F)(F)F)n4C)CC3C2)c(C(=O)Nc2ccc(F)c(Cl)c2)c1N. The number of nitrogen functional groups attached to an aromatic ring is 1. The lowest BCUT2D eigenvalue weighted by atomic mass is 9.91. The number of hydrogen-bond donors (Lipinski definition) is 3. The highest BCUT2D eigenvalue weighted by Crippen LogP contribution is 2.57. The van der Waals surface area contributed by atoms with Crippen molar-refractivity contribution in [2.24, 2.45) is 25.9 Å². The number of nitrogens with two attached hydrogens (primary N) is 1. The van der Waals surface area contributed by atoms with E-state index in [1.807, 2.05) is 0 Å². The lowest BCUT2D eigenvalue weighted by Crippen LogP contribution is -2.28. The molecule has 13 heteroatoms. The van der Waals surface area contributed by atoms with E-state index >= 15 is 0 Å². The van der Waals surface area contributed by atoms with Crippen molar-refractivity contribution >= 4 is 29.0 Å². The topological polar surface area (TPSA) is 111 Å². The Morgan fingerprint density at radius 1 is 1.24 bits per heavy atom. The molecule has 5 rings (SSSR count). The van der Waals surface area contributed by atoms with Gasteiger partial charge < -0.3 is 20.7 Å². The van der Waals surface area contributed by atoms with Gasteiger partial charge in [0.2, 0.25) is 0 Å². The number of nitrogens with zero attached hydrogens (tertiary/aromatic N) is 4. The summed E-state index contributed by atoms with van der Waals surface area (Å²) in [5.41, 5.74) is 4.82. The number of amides is 1. The highest BCUT2D eigenvalue weighted by Gasteiger charge is 2.53. The van der Waals surface area contributed by atoms with Gasteiger partial charge in [-0.2, -0.15) is 18.3 Å². The zero-order valence-corrected chi connectivity index (χ0v) is 20.7. The maximum atomic E-state index is 13.5. The molecule has 2 aromatic heterocycles. The van der Waals surface area contributed by atoms with E-state index in [9.17, 15) is 27.5 Å². The molecule has 1 aromatic carbocycles. The Balaban J connectivity index is 1.35. The lowest BCUT2D eigenvalue weighted by molar-refractivity contribution is -0.143. The van der Waals surface area contributed by atoms with Gasteiger partial charge in [-0.3, -0.25) is 9.48 Å². The number of aryl methyl sites for hydroxylation is 1. The number of alkyl halides is 3. The first-order valence-corrected chi connectivity index (χ1v) is 12.1. The van der Waals surface area contributed by atoms with E-state index < -0.39 is 29.2 Å². The number of hydrogen-bond acceptors (Lipinski definition) is 5. The summed E-state index contributed by atoms with van der Waals surface area (Å²) in [5, 5.41) is 18.3. The van der Waals surface area contributed by atoms with E-state index in [2.05, 4.69) is 15.4 Å². The molecular formula is C24H25ClF4N6O2. The van der Waals surface area contributed by atoms with Crippen molar-refractivity contribution in [3.8, 4) is 0 Å². The number of fused-ring (bicyclic) bond motifs is 1. The number of aromatic nitrogens is 4. The van der Waals surface area contributed by atoms with E-state index in [1.165, 1.54) is 23.9 Å². The van der Waals surface area contributed by atoms with Crippen LogP contribution in [0, 0.1) is 17.7 Å². The Kier molecular flexibility index (Phi) is 6.02. The fourth-order valence-corrected chi connectivity index (χ4v) is 6.20. The Morgan fingerprint density at radius 2 is 1.89 bits per heavy atom. The van der Waals surface area contributed by atoms with Gasteiger partial charge >= 0.3 is 6.18 Å². The van der Waals surface area contributed by atoms with Crippen molar-refractivity contribution in [3.63, 3.8) is 0 Å². The van der Waals surface area contributed by atoms with E-state index in [-0.39, 0.29) is 52.8 Å². The van der Waals surface area contributed by atoms with Crippen molar-refractivity contribution < 1.29 is 27.5 Å². The van der Waals surface area contributed by atoms with Crippen LogP contribution in [0.4, 0.5) is 29.1 Å². The Bertz CT molecular complexity index is 1370. The predicted octanol–water partition coefficient (Wildman–Crippen LogP) is 4.59. The largest absolute Gasteiger partial charge is 0.432 e. The van der Waals surface area contributed by atoms with Gasteiger partial charge in [-0.15, -0.1) is 0 Å². The fraction of sp³-hybridized carbons (Fsp3) is 0.458. The van der Waals surface area contributed by atoms with Gasteiger partial charge in [0.25, 0.3) is 5.91 Å². The molecule has 1 amide bonds. The molecule has 3 aromatic rings. The molecule has 8 nitrogen and oxygen atoms in total. The van der Waals surface area contributed by atoms with Crippen molar-refractivity contribution in [2.75, 3.05) is 11.1 Å². The van der Waals surface area contributed by atoms with Crippen LogP contribution in [-0.2, 0) is 25.9 Å². The molecule has 0 bridgehead atoms. The second-order valence-electron chi connectivity index (χ2n) is 10.0. The van der Waals surface area contributed by atoms with E-state index in [0.717, 1.165) is 16.8 Å². The van der Waals surface area contributed by atoms with Gasteiger partial charge in [0, 0.05) is 25.7 Å². The second-order valence-corrected chi connectivity index (χ2v) is 10.4. The van der Waals surface area contributed by atoms with Crippen molar-refractivity contribution in [1.29, 1.82) is 0 Å². The number of halogens is 5. The Labute approximate surface area is 214 Å². The van der Waals surface area contributed by atoms with Crippen LogP contribution in [0.15, 0.2) is 24.4 Å². The van der Waals surface area contributed by atoms with Crippen LogP contribution in [0.1, 0.15) is 59.2 Å². The summed E-state index contributed by atoms with van der Waals surface area (Å²) >= 11 is 5.82. The summed E-state index contributed by atoms with van der Waals surface area (Å²) in [4.78, 5) is 17.1. The Morgan fingerprint density at radius 3 is 2.46 bits per heavy atom. The van der Waals surface area contributed by atoms with Gasteiger partial charge in [0.15, 0.2) is 0 Å². The standard InChI is InChI=1S/C24H25ClF4N6O2/c1-34-17(24(27,28)29)10-31-22(34)23(37)8-12-5-11(6-13(12)9-23)19-18(20(30)35(2)33-19)21(36)32-14-3-4-16(26)15(25)7-14/h3-4,7,10-13,37H,5-6,8-9,30H2,1-2H3,(H,32,36). The maximum Gasteiger partial charge on any atom is 0.432 e. The van der Waals surface area contributed by atoms with Gasteiger partial charge in [-0.05, 0) is 55.7 Å². The quantitative estimate of drug-likeness (QED) is 0.419. The molecule has 2 saturated carbocycles. The van der Waals surface area contributed by atoms with Crippen LogP contribution in [0.5, 0.6) is 0 Å². The number of carbonyl (C=O) groups excluding carboxylic acids is 1. The van der Waals surface area contributed by atoms with Crippen LogP contribution in [0.3, 0.4) is 0 Å². The summed E-state index contributed by atoms with van der Waals surface area (Å²) in [5.74, 6) is -1.06. The molecule has 2 atom stereocenters. The third kappa shape index (κ3) is 4.35. The monoisotopic (exact) mass is 540 g/mol. The number of rotatable bonds is 4. The maximum absolute atomic E-state index is 13.5. The molecule has 0 saturated heterocycles. The normalized spacial score (nSPS) is 25.5. The van der Waals surface area contributed by atoms with E-state index in [4.69, 9.17) is 17.3 Å². The summed E-state index contributed by atoms with van der Waals surface area (Å²) in [6, 6.07) is 3.82. The fourth-order valence-electron chi connectivity index (χ4n) is 6.02. The van der Waals surface area contributed by atoms with Crippen LogP contribution in [0.2, 0.25) is 5.02 Å². The average molecular weight is 541 g/mol. The minimum absolute atomic E-state index is 0.00545. The molecule has 37 heavy (non-hydrogen) atoms. The highest BCUT2D eigenvalue weighted by molar-refractivity contribution is 6.31. The zero-order chi connectivity index (χ0) is 26.9. The second kappa shape index (κ2) is 8.73. The molecule has 2 aliphatic rings. The molecule has 0 radical (unpaired) electrons. The predicted molar refractivity (Wildman–Crippen MR) is 127 cm³/mol. The van der Waals surface area contributed by atoms with Gasteiger partial charge in [-0.1, -0.05) is 11.6 Å². The first kappa shape index (κ1) is 25.5. The summed E-state index contributed by atoms with van der Waals surface area (Å²) in [6.45, 7) is 0. The number of anilines is 2. The van der Waals surface area contributed by atoms with Crippen molar-refractivity contribution in [1.82, 2.24) is 19.3 Å². The van der Waals surface area contributed by atoms with Gasteiger partial charge in [0.05, 0.1) is 16.9 Å². The molecule has 2 aliphatic carbocycles. The van der Waals surface area contributed by atoms with E-state index in [1.54, 1.807) is 7.05 Å². The molecular weight excluding hydrogens is 516 g/mol. The summed E-state index contributed by atoms with van der Waals surface area (Å²) < 4.78 is 55.5. The average Bonchev–Trinajstić information content (AvgIpc) is 3.52. The third-order valence-corrected chi connectivity index (χ3v) is 7.94. The van der Waals surface area contributed by atoms with Crippen molar-refractivity contribution in [3.05, 3.63) is 58.0 Å².